The topological polar surface area (TPSA) is 103 Å². The number of amides is 1. The molecule has 2 aromatic carbocycles. The number of benzene rings is 2. The Labute approximate surface area is 183 Å². The van der Waals surface area contributed by atoms with Gasteiger partial charge in [0.05, 0.1) is 26.7 Å². The fourth-order valence-corrected chi connectivity index (χ4v) is 6.18. The van der Waals surface area contributed by atoms with Crippen molar-refractivity contribution in [2.75, 3.05) is 26.2 Å². The largest absolute Gasteiger partial charge is 0.336 e. The number of nitriles is 1. The van der Waals surface area contributed by atoms with E-state index in [0.29, 0.717) is 22.4 Å². The number of piperazine rings is 1. The predicted octanol–water partition coefficient (Wildman–Crippen LogP) is 2.10. The summed E-state index contributed by atoms with van der Waals surface area (Å²) in [7, 11) is -3.73. The summed E-state index contributed by atoms with van der Waals surface area (Å²) in [5.41, 5.74) is 1.68. The number of hydrogen-bond acceptors (Lipinski definition) is 6. The average Bonchev–Trinajstić information content (AvgIpc) is 3.12. The van der Waals surface area contributed by atoms with Crippen LogP contribution in [0.2, 0.25) is 0 Å². The Morgan fingerprint density at radius 1 is 1.10 bits per heavy atom. The summed E-state index contributed by atoms with van der Waals surface area (Å²) in [6.45, 7) is 3.33. The Bertz CT molecular complexity index is 1340. The van der Waals surface area contributed by atoms with E-state index in [1.807, 2.05) is 13.0 Å². The van der Waals surface area contributed by atoms with Gasteiger partial charge >= 0.3 is 4.87 Å². The number of carbonyl (C=O) groups excluding carboxylic acids is 1. The summed E-state index contributed by atoms with van der Waals surface area (Å²) in [6.07, 6.45) is 0. The maximum Gasteiger partial charge on any atom is 0.308 e. The van der Waals surface area contributed by atoms with Crippen molar-refractivity contribution < 1.29 is 13.2 Å². The molecule has 0 atom stereocenters. The fourth-order valence-electron chi connectivity index (χ4n) is 3.66. The zero-order valence-electron chi connectivity index (χ0n) is 16.8. The van der Waals surface area contributed by atoms with Crippen molar-refractivity contribution in [1.82, 2.24) is 13.8 Å². The number of thiazole rings is 1. The van der Waals surface area contributed by atoms with Gasteiger partial charge in [-0.05, 0) is 49.4 Å². The van der Waals surface area contributed by atoms with Crippen LogP contribution in [-0.2, 0) is 16.6 Å². The lowest BCUT2D eigenvalue weighted by atomic mass is 10.1. The molecule has 8 nitrogen and oxygen atoms in total. The number of hydrogen-bond donors (Lipinski definition) is 0. The molecular weight excluding hydrogens is 436 g/mol. The molecule has 1 saturated heterocycles. The summed E-state index contributed by atoms with van der Waals surface area (Å²) in [6, 6.07) is 13.2. The van der Waals surface area contributed by atoms with Gasteiger partial charge in [0.25, 0.3) is 5.91 Å². The third-order valence-corrected chi connectivity index (χ3v) is 8.22. The molecule has 1 amide bonds. The van der Waals surface area contributed by atoms with E-state index < -0.39 is 10.0 Å². The minimum atomic E-state index is -3.73. The van der Waals surface area contributed by atoms with Gasteiger partial charge in [0.2, 0.25) is 10.0 Å². The van der Waals surface area contributed by atoms with Crippen molar-refractivity contribution >= 4 is 37.5 Å². The zero-order chi connectivity index (χ0) is 22.2. The number of sulfonamides is 1. The second-order valence-corrected chi connectivity index (χ2v) is 10.1. The number of aryl methyl sites for hydroxylation is 1. The highest BCUT2D eigenvalue weighted by Crippen LogP contribution is 2.25. The van der Waals surface area contributed by atoms with Crippen molar-refractivity contribution in [3.63, 3.8) is 0 Å². The lowest BCUT2D eigenvalue weighted by molar-refractivity contribution is 0.0698. The molecule has 0 saturated carbocycles. The maximum absolute atomic E-state index is 13.1. The monoisotopic (exact) mass is 456 g/mol. The van der Waals surface area contributed by atoms with Gasteiger partial charge in [-0.15, -0.1) is 0 Å². The highest BCUT2D eigenvalue weighted by atomic mass is 32.2. The van der Waals surface area contributed by atoms with Crippen LogP contribution in [0.4, 0.5) is 0 Å². The molecule has 1 aliphatic heterocycles. The predicted molar refractivity (Wildman–Crippen MR) is 118 cm³/mol. The van der Waals surface area contributed by atoms with E-state index in [-0.39, 0.29) is 41.9 Å². The first kappa shape index (κ1) is 21.2. The van der Waals surface area contributed by atoms with Crippen LogP contribution in [0, 0.1) is 11.3 Å². The van der Waals surface area contributed by atoms with Crippen LogP contribution in [0.25, 0.3) is 10.2 Å². The molecule has 160 valence electrons. The number of fused-ring (bicyclic) bond motifs is 1. The van der Waals surface area contributed by atoms with E-state index in [1.54, 1.807) is 45.9 Å². The molecule has 0 radical (unpaired) electrons. The Balaban J connectivity index is 1.50. The van der Waals surface area contributed by atoms with Gasteiger partial charge in [-0.1, -0.05) is 11.3 Å². The summed E-state index contributed by atoms with van der Waals surface area (Å²) in [4.78, 5) is 26.4. The number of nitrogens with zero attached hydrogens (tertiary/aromatic N) is 4. The number of aromatic nitrogens is 1. The summed E-state index contributed by atoms with van der Waals surface area (Å²) < 4.78 is 29.9. The third kappa shape index (κ3) is 3.87. The van der Waals surface area contributed by atoms with Crippen molar-refractivity contribution in [2.45, 2.75) is 18.4 Å². The average molecular weight is 457 g/mol. The molecular formula is C21H20N4O4S2. The Morgan fingerprint density at radius 2 is 1.77 bits per heavy atom. The lowest BCUT2D eigenvalue weighted by Crippen LogP contribution is -2.50. The lowest BCUT2D eigenvalue weighted by Gasteiger charge is -2.34. The molecule has 1 aromatic heterocycles. The smallest absolute Gasteiger partial charge is 0.308 e. The molecule has 0 bridgehead atoms. The molecule has 0 unspecified atom stereocenters. The van der Waals surface area contributed by atoms with Gasteiger partial charge in [0.1, 0.15) is 0 Å². The molecule has 10 heteroatoms. The van der Waals surface area contributed by atoms with Crippen LogP contribution in [0.3, 0.4) is 0 Å². The van der Waals surface area contributed by atoms with Gasteiger partial charge < -0.3 is 4.90 Å². The van der Waals surface area contributed by atoms with Crippen LogP contribution < -0.4 is 4.87 Å². The molecule has 0 spiro atoms. The molecule has 1 fully saturated rings. The Morgan fingerprint density at radius 3 is 2.39 bits per heavy atom. The van der Waals surface area contributed by atoms with Gasteiger partial charge in [0, 0.05) is 38.3 Å². The van der Waals surface area contributed by atoms with Crippen LogP contribution in [0.1, 0.15) is 22.8 Å². The molecule has 2 heterocycles. The second kappa shape index (κ2) is 8.26. The van der Waals surface area contributed by atoms with Gasteiger partial charge in [-0.25, -0.2) is 8.42 Å². The summed E-state index contributed by atoms with van der Waals surface area (Å²) in [5.74, 6) is -0.186. The van der Waals surface area contributed by atoms with Crippen LogP contribution in [0.15, 0.2) is 52.2 Å². The van der Waals surface area contributed by atoms with Crippen LogP contribution in [-0.4, -0.2) is 54.3 Å². The van der Waals surface area contributed by atoms with E-state index in [9.17, 15) is 18.0 Å². The SMILES string of the molecule is CCn1c(=O)sc2cc(S(=O)(=O)N3CCN(C(=O)c4ccc(C#N)cc4)CC3)ccc21. The highest BCUT2D eigenvalue weighted by molar-refractivity contribution is 7.89. The molecule has 0 aliphatic carbocycles. The minimum Gasteiger partial charge on any atom is -0.336 e. The third-order valence-electron chi connectivity index (χ3n) is 5.38. The first-order chi connectivity index (χ1) is 14.8. The zero-order valence-corrected chi connectivity index (χ0v) is 18.4. The molecule has 1 aliphatic rings. The maximum atomic E-state index is 13.1. The van der Waals surface area contributed by atoms with Gasteiger partial charge in [-0.3, -0.25) is 14.2 Å². The Kier molecular flexibility index (Phi) is 5.66. The van der Waals surface area contributed by atoms with E-state index >= 15 is 0 Å². The van der Waals surface area contributed by atoms with E-state index in [0.717, 1.165) is 16.9 Å². The van der Waals surface area contributed by atoms with Crippen molar-refractivity contribution in [3.8, 4) is 6.07 Å². The van der Waals surface area contributed by atoms with Crippen LogP contribution in [0.5, 0.6) is 0 Å². The van der Waals surface area contributed by atoms with Gasteiger partial charge in [-0.2, -0.15) is 9.57 Å². The van der Waals surface area contributed by atoms with E-state index in [4.69, 9.17) is 5.26 Å². The Hall–Kier alpha value is -3.00. The fraction of sp³-hybridized carbons (Fsp3) is 0.286. The minimum absolute atomic E-state index is 0.109. The quantitative estimate of drug-likeness (QED) is 0.598. The molecule has 4 rings (SSSR count). The number of carbonyl (C=O) groups is 1. The summed E-state index contributed by atoms with van der Waals surface area (Å²) in [5, 5.41) is 8.88. The highest BCUT2D eigenvalue weighted by Gasteiger charge is 2.30. The normalized spacial score (nSPS) is 15.2. The molecule has 31 heavy (non-hydrogen) atoms. The molecule has 0 N–H and O–H groups in total. The van der Waals surface area contributed by atoms with Gasteiger partial charge in [0.15, 0.2) is 0 Å². The van der Waals surface area contributed by atoms with Crippen LogP contribution >= 0.6 is 11.3 Å². The van der Waals surface area contributed by atoms with Crippen molar-refractivity contribution in [1.29, 1.82) is 5.26 Å². The molecule has 3 aromatic rings. The first-order valence-corrected chi connectivity index (χ1v) is 12.0. The standard InChI is InChI=1S/C21H20N4O4S2/c1-2-25-18-8-7-17(13-19(18)30-21(25)27)31(28,29)24-11-9-23(10-12-24)20(26)16-5-3-15(14-22)4-6-16/h3-8,13H,2,9-12H2,1H3. The number of rotatable bonds is 4. The second-order valence-electron chi connectivity index (χ2n) is 7.13. The summed E-state index contributed by atoms with van der Waals surface area (Å²) >= 11 is 1.04. The van der Waals surface area contributed by atoms with E-state index in [2.05, 4.69) is 0 Å². The van der Waals surface area contributed by atoms with Crippen molar-refractivity contribution in [3.05, 3.63) is 63.3 Å². The van der Waals surface area contributed by atoms with Crippen molar-refractivity contribution in [2.24, 2.45) is 0 Å². The van der Waals surface area contributed by atoms with E-state index in [1.165, 1.54) is 10.4 Å². The first-order valence-electron chi connectivity index (χ1n) is 9.78.